The quantitative estimate of drug-likeness (QED) is 0.673. The molecule has 2 unspecified atom stereocenters. The molecule has 0 aliphatic carbocycles. The number of aromatic nitrogens is 4. The first-order chi connectivity index (χ1) is 15.5. The molecule has 2 aliphatic heterocycles. The molecule has 0 radical (unpaired) electrons. The Labute approximate surface area is 187 Å². The molecular weight excluding hydrogens is 404 g/mol. The molecule has 0 spiro atoms. The zero-order valence-corrected chi connectivity index (χ0v) is 18.4. The molecule has 166 valence electrons. The van der Waals surface area contributed by atoms with Gasteiger partial charge in [0, 0.05) is 62.0 Å². The van der Waals surface area contributed by atoms with Crippen LogP contribution in [0.1, 0.15) is 20.3 Å². The molecule has 0 aromatic carbocycles. The third-order valence-electron chi connectivity index (χ3n) is 5.91. The Morgan fingerprint density at radius 2 is 1.78 bits per heavy atom. The van der Waals surface area contributed by atoms with Crippen molar-refractivity contribution < 1.29 is 9.84 Å². The zero-order chi connectivity index (χ0) is 22.1. The molecule has 0 saturated carbocycles. The second kappa shape index (κ2) is 8.80. The molecule has 32 heavy (non-hydrogen) atoms. The maximum atomic E-state index is 10.0. The highest BCUT2D eigenvalue weighted by atomic mass is 16.5. The largest absolute Gasteiger partial charge is 0.391 e. The number of anilines is 2. The molecule has 3 aromatic heterocycles. The average Bonchev–Trinajstić information content (AvgIpc) is 3.25. The van der Waals surface area contributed by atoms with Crippen molar-refractivity contribution in [2.45, 2.75) is 38.6 Å². The van der Waals surface area contributed by atoms with E-state index in [1.54, 1.807) is 12.4 Å². The van der Waals surface area contributed by atoms with Crippen molar-refractivity contribution in [2.24, 2.45) is 0 Å². The lowest BCUT2D eigenvalue weighted by Gasteiger charge is -2.36. The van der Waals surface area contributed by atoms with Gasteiger partial charge in [-0.3, -0.25) is 4.98 Å². The Hall–Kier alpha value is -3.10. The van der Waals surface area contributed by atoms with Crippen molar-refractivity contribution >= 4 is 11.6 Å². The predicted octanol–water partition coefficient (Wildman–Crippen LogP) is 2.79. The Bertz CT molecular complexity index is 1050. The summed E-state index contributed by atoms with van der Waals surface area (Å²) in [7, 11) is 0. The van der Waals surface area contributed by atoms with Crippen molar-refractivity contribution in [3.05, 3.63) is 48.9 Å². The molecule has 5 heterocycles. The first kappa shape index (κ1) is 20.8. The van der Waals surface area contributed by atoms with Crippen LogP contribution in [0.5, 0.6) is 0 Å². The van der Waals surface area contributed by atoms with E-state index in [9.17, 15) is 5.11 Å². The van der Waals surface area contributed by atoms with Crippen LogP contribution in [0.4, 0.5) is 11.6 Å². The number of ether oxygens (including phenoxy) is 1. The van der Waals surface area contributed by atoms with E-state index >= 15 is 0 Å². The average molecular weight is 433 g/mol. The SMILES string of the molecule is CC1CN(c2ccc(-c3cc(N4CC[C@H](O)C4)nc(-c4cccnc4)n3)cn2)CC(C)O1. The third-order valence-corrected chi connectivity index (χ3v) is 5.91. The highest BCUT2D eigenvalue weighted by molar-refractivity contribution is 5.68. The van der Waals surface area contributed by atoms with E-state index in [4.69, 9.17) is 19.7 Å². The molecule has 2 fully saturated rings. The van der Waals surface area contributed by atoms with E-state index in [0.717, 1.165) is 54.5 Å². The van der Waals surface area contributed by atoms with Crippen LogP contribution < -0.4 is 9.80 Å². The number of hydrogen-bond acceptors (Lipinski definition) is 8. The lowest BCUT2D eigenvalue weighted by Crippen LogP contribution is -2.45. The van der Waals surface area contributed by atoms with Gasteiger partial charge in [0.2, 0.25) is 0 Å². The van der Waals surface area contributed by atoms with E-state index < -0.39 is 0 Å². The maximum absolute atomic E-state index is 10.0. The number of β-amino-alcohol motifs (C(OH)–C–C–N with tert-alkyl or cyclic N) is 1. The fourth-order valence-electron chi connectivity index (χ4n) is 4.41. The standard InChI is InChI=1S/C24H28N6O2/c1-16-13-30(14-17(2)32-16)22-6-5-18(12-26-22)21-10-23(29-9-7-20(31)15-29)28-24(27-21)19-4-3-8-25-11-19/h3-6,8,10-12,16-17,20,31H,7,9,13-15H2,1-2H3/t16?,17?,20-/m0/s1. The summed E-state index contributed by atoms with van der Waals surface area (Å²) >= 11 is 0. The summed E-state index contributed by atoms with van der Waals surface area (Å²) < 4.78 is 5.84. The lowest BCUT2D eigenvalue weighted by molar-refractivity contribution is -0.00545. The highest BCUT2D eigenvalue weighted by Crippen LogP contribution is 2.28. The van der Waals surface area contributed by atoms with Crippen LogP contribution in [-0.2, 0) is 4.74 Å². The monoisotopic (exact) mass is 432 g/mol. The summed E-state index contributed by atoms with van der Waals surface area (Å²) in [5.41, 5.74) is 2.59. The topological polar surface area (TPSA) is 87.5 Å². The number of hydrogen-bond donors (Lipinski definition) is 1. The van der Waals surface area contributed by atoms with E-state index in [1.807, 2.05) is 30.5 Å². The normalized spacial score (nSPS) is 23.5. The molecule has 2 saturated heterocycles. The summed E-state index contributed by atoms with van der Waals surface area (Å²) in [6, 6.07) is 9.92. The molecule has 2 aliphatic rings. The van der Waals surface area contributed by atoms with Gasteiger partial charge >= 0.3 is 0 Å². The predicted molar refractivity (Wildman–Crippen MR) is 124 cm³/mol. The molecule has 5 rings (SSSR count). The molecule has 1 N–H and O–H groups in total. The Morgan fingerprint density at radius 1 is 0.938 bits per heavy atom. The van der Waals surface area contributed by atoms with Gasteiger partial charge in [0.15, 0.2) is 5.82 Å². The fourth-order valence-corrected chi connectivity index (χ4v) is 4.41. The smallest absolute Gasteiger partial charge is 0.163 e. The molecular formula is C24H28N6O2. The van der Waals surface area contributed by atoms with Crippen LogP contribution in [-0.4, -0.2) is 69.5 Å². The first-order valence-corrected chi connectivity index (χ1v) is 11.1. The van der Waals surface area contributed by atoms with Crippen LogP contribution in [0, 0.1) is 0 Å². The Balaban J connectivity index is 1.48. The van der Waals surface area contributed by atoms with Gasteiger partial charge < -0.3 is 19.6 Å². The molecule has 8 heteroatoms. The second-order valence-corrected chi connectivity index (χ2v) is 8.63. The summed E-state index contributed by atoms with van der Waals surface area (Å²) in [5.74, 6) is 2.37. The molecule has 0 amide bonds. The number of aliphatic hydroxyl groups is 1. The zero-order valence-electron chi connectivity index (χ0n) is 18.4. The lowest BCUT2D eigenvalue weighted by atomic mass is 10.1. The second-order valence-electron chi connectivity index (χ2n) is 8.63. The number of pyridine rings is 2. The molecule has 3 aromatic rings. The minimum atomic E-state index is -0.325. The number of rotatable bonds is 4. The Morgan fingerprint density at radius 3 is 2.44 bits per heavy atom. The van der Waals surface area contributed by atoms with Crippen LogP contribution in [0.15, 0.2) is 48.9 Å². The minimum absolute atomic E-state index is 0.183. The highest BCUT2D eigenvalue weighted by Gasteiger charge is 2.24. The summed E-state index contributed by atoms with van der Waals surface area (Å²) in [6.45, 7) is 7.19. The Kier molecular flexibility index (Phi) is 5.71. The minimum Gasteiger partial charge on any atom is -0.391 e. The van der Waals surface area contributed by atoms with Gasteiger partial charge in [-0.15, -0.1) is 0 Å². The third kappa shape index (κ3) is 4.42. The molecule has 0 bridgehead atoms. The van der Waals surface area contributed by atoms with E-state index in [1.165, 1.54) is 0 Å². The summed E-state index contributed by atoms with van der Waals surface area (Å²) in [6.07, 6.45) is 6.16. The number of morpholine rings is 1. The van der Waals surface area contributed by atoms with Crippen LogP contribution in [0.25, 0.3) is 22.6 Å². The first-order valence-electron chi connectivity index (χ1n) is 11.1. The van der Waals surface area contributed by atoms with Crippen molar-refractivity contribution in [3.63, 3.8) is 0 Å². The van der Waals surface area contributed by atoms with E-state index in [0.29, 0.717) is 12.4 Å². The van der Waals surface area contributed by atoms with Crippen molar-refractivity contribution in [2.75, 3.05) is 36.0 Å². The number of aliphatic hydroxyl groups excluding tert-OH is 1. The van der Waals surface area contributed by atoms with E-state index in [2.05, 4.69) is 34.7 Å². The molecule has 3 atom stereocenters. The van der Waals surface area contributed by atoms with Crippen molar-refractivity contribution in [3.8, 4) is 22.6 Å². The number of nitrogens with zero attached hydrogens (tertiary/aromatic N) is 6. The van der Waals surface area contributed by atoms with Gasteiger partial charge in [0.05, 0.1) is 24.0 Å². The van der Waals surface area contributed by atoms with Gasteiger partial charge in [-0.25, -0.2) is 15.0 Å². The van der Waals surface area contributed by atoms with Crippen molar-refractivity contribution in [1.29, 1.82) is 0 Å². The van der Waals surface area contributed by atoms with Crippen molar-refractivity contribution in [1.82, 2.24) is 19.9 Å². The van der Waals surface area contributed by atoms with Gasteiger partial charge in [0.1, 0.15) is 11.6 Å². The molecule has 8 nitrogen and oxygen atoms in total. The van der Waals surface area contributed by atoms with Crippen LogP contribution in [0.2, 0.25) is 0 Å². The van der Waals surface area contributed by atoms with Gasteiger partial charge in [-0.05, 0) is 44.5 Å². The fraction of sp³-hybridized carbons (Fsp3) is 0.417. The maximum Gasteiger partial charge on any atom is 0.163 e. The van der Waals surface area contributed by atoms with Gasteiger partial charge in [0.25, 0.3) is 0 Å². The van der Waals surface area contributed by atoms with Gasteiger partial charge in [-0.2, -0.15) is 0 Å². The summed E-state index contributed by atoms with van der Waals surface area (Å²) in [5, 5.41) is 10.0. The van der Waals surface area contributed by atoms with Crippen LogP contribution in [0.3, 0.4) is 0 Å². The van der Waals surface area contributed by atoms with Gasteiger partial charge in [-0.1, -0.05) is 0 Å². The summed E-state index contributed by atoms with van der Waals surface area (Å²) in [4.78, 5) is 22.9. The van der Waals surface area contributed by atoms with Crippen LogP contribution >= 0.6 is 0 Å². The van der Waals surface area contributed by atoms with E-state index in [-0.39, 0.29) is 18.3 Å².